The first kappa shape index (κ1) is 21.5. The second-order valence-electron chi connectivity index (χ2n) is 7.23. The highest BCUT2D eigenvalue weighted by molar-refractivity contribution is 7.19. The third-order valence-electron chi connectivity index (χ3n) is 4.86. The molecule has 0 aliphatic carbocycles. The number of carbonyl (C=O) groups is 1. The number of amides is 1. The maximum atomic E-state index is 13.1. The van der Waals surface area contributed by atoms with Gasteiger partial charge >= 0.3 is 0 Å². The molecule has 0 saturated heterocycles. The van der Waals surface area contributed by atoms with Crippen LogP contribution in [0.4, 0.5) is 0 Å². The Balaban J connectivity index is 1.55. The van der Waals surface area contributed by atoms with Crippen molar-refractivity contribution in [2.45, 2.75) is 20.3 Å². The van der Waals surface area contributed by atoms with Gasteiger partial charge in [0, 0.05) is 16.5 Å². The summed E-state index contributed by atoms with van der Waals surface area (Å²) < 4.78 is 6.69. The van der Waals surface area contributed by atoms with Gasteiger partial charge in [-0.25, -0.2) is 9.66 Å². The van der Waals surface area contributed by atoms with E-state index in [1.807, 2.05) is 61.5 Å². The third kappa shape index (κ3) is 4.63. The van der Waals surface area contributed by atoms with Crippen molar-refractivity contribution in [1.29, 1.82) is 0 Å². The minimum Gasteiger partial charge on any atom is -0.494 e. The maximum absolute atomic E-state index is 13.1. The summed E-state index contributed by atoms with van der Waals surface area (Å²) in [6.07, 6.45) is 5.36. The monoisotopic (exact) mass is 445 g/mol. The number of thiophene rings is 1. The summed E-state index contributed by atoms with van der Waals surface area (Å²) >= 11 is 1.47. The molecule has 0 fully saturated rings. The van der Waals surface area contributed by atoms with E-state index in [-0.39, 0.29) is 5.56 Å². The first-order chi connectivity index (χ1) is 15.6. The van der Waals surface area contributed by atoms with Crippen molar-refractivity contribution in [2.24, 2.45) is 0 Å². The second-order valence-corrected chi connectivity index (χ2v) is 8.43. The summed E-state index contributed by atoms with van der Waals surface area (Å²) in [5.74, 6) is 0.368. The zero-order valence-corrected chi connectivity index (χ0v) is 18.7. The number of carbonyl (C=O) groups excluding carboxylic acids is 1. The fourth-order valence-corrected chi connectivity index (χ4v) is 4.36. The van der Waals surface area contributed by atoms with Gasteiger partial charge in [-0.15, -0.1) is 11.3 Å². The van der Waals surface area contributed by atoms with E-state index >= 15 is 0 Å². The number of nitrogens with zero attached hydrogens (tertiary/aromatic N) is 2. The highest BCUT2D eigenvalue weighted by Crippen LogP contribution is 2.35. The van der Waals surface area contributed by atoms with E-state index in [1.54, 1.807) is 6.08 Å². The summed E-state index contributed by atoms with van der Waals surface area (Å²) in [5.41, 5.74) is 4.94. The van der Waals surface area contributed by atoms with Crippen LogP contribution in [0.2, 0.25) is 0 Å². The number of aryl methyl sites for hydroxylation is 1. The number of rotatable bonds is 7. The molecule has 0 bridgehead atoms. The number of fused-ring (bicyclic) bond motifs is 1. The van der Waals surface area contributed by atoms with Crippen LogP contribution in [0.1, 0.15) is 23.8 Å². The molecule has 6 nitrogen and oxygen atoms in total. The lowest BCUT2D eigenvalue weighted by Crippen LogP contribution is -2.32. The molecule has 0 radical (unpaired) electrons. The number of ether oxygens (including phenoxy) is 1. The van der Waals surface area contributed by atoms with E-state index in [0.29, 0.717) is 16.8 Å². The average Bonchev–Trinajstić information content (AvgIpc) is 3.16. The van der Waals surface area contributed by atoms with Crippen molar-refractivity contribution in [1.82, 2.24) is 9.66 Å². The van der Waals surface area contributed by atoms with Gasteiger partial charge in [-0.05, 0) is 42.7 Å². The molecule has 7 heteroatoms. The van der Waals surface area contributed by atoms with Crippen LogP contribution in [0.5, 0.6) is 5.75 Å². The SMILES string of the molecule is CCCOc1ccc(/C=C/C(=O)Nn2cnc3sc(C)c(-c4ccccc4)c3c2=O)cc1. The van der Waals surface area contributed by atoms with Crippen molar-refractivity contribution < 1.29 is 9.53 Å². The fraction of sp³-hybridized carbons (Fsp3) is 0.160. The van der Waals surface area contributed by atoms with Gasteiger partial charge in [-0.1, -0.05) is 49.4 Å². The van der Waals surface area contributed by atoms with Gasteiger partial charge in [0.15, 0.2) is 0 Å². The zero-order chi connectivity index (χ0) is 22.5. The van der Waals surface area contributed by atoms with Crippen LogP contribution >= 0.6 is 11.3 Å². The second kappa shape index (κ2) is 9.62. The smallest absolute Gasteiger partial charge is 0.281 e. The molecule has 0 aliphatic rings. The molecule has 4 rings (SSSR count). The lowest BCUT2D eigenvalue weighted by molar-refractivity contribution is -0.112. The molecule has 0 atom stereocenters. The topological polar surface area (TPSA) is 73.2 Å². The number of hydrogen-bond acceptors (Lipinski definition) is 5. The van der Waals surface area contributed by atoms with Gasteiger partial charge in [-0.3, -0.25) is 15.0 Å². The predicted octanol–water partition coefficient (Wildman–Crippen LogP) is 5.01. The van der Waals surface area contributed by atoms with Crippen molar-refractivity contribution >= 4 is 33.5 Å². The van der Waals surface area contributed by atoms with Crippen LogP contribution in [0.25, 0.3) is 27.4 Å². The third-order valence-corrected chi connectivity index (χ3v) is 5.88. The molecular formula is C25H23N3O3S. The Bertz CT molecular complexity index is 1320. The molecule has 32 heavy (non-hydrogen) atoms. The molecule has 2 aromatic heterocycles. The first-order valence-corrected chi connectivity index (χ1v) is 11.2. The zero-order valence-electron chi connectivity index (χ0n) is 17.9. The number of benzene rings is 2. The molecule has 1 amide bonds. The Labute approximate surface area is 189 Å². The summed E-state index contributed by atoms with van der Waals surface area (Å²) in [5, 5.41) is 0.508. The Kier molecular flexibility index (Phi) is 6.47. The molecule has 2 aromatic carbocycles. The lowest BCUT2D eigenvalue weighted by atomic mass is 10.0. The fourth-order valence-electron chi connectivity index (χ4n) is 3.36. The van der Waals surface area contributed by atoms with Crippen molar-refractivity contribution in [2.75, 3.05) is 12.0 Å². The molecule has 1 N–H and O–H groups in total. The number of nitrogens with one attached hydrogen (secondary N) is 1. The van der Waals surface area contributed by atoms with Crippen molar-refractivity contribution in [3.8, 4) is 16.9 Å². The minimum atomic E-state index is -0.423. The molecule has 0 spiro atoms. The average molecular weight is 446 g/mol. The van der Waals surface area contributed by atoms with Gasteiger partial charge in [0.05, 0.1) is 12.0 Å². The quantitative estimate of drug-likeness (QED) is 0.406. The molecule has 4 aromatic rings. The molecular weight excluding hydrogens is 422 g/mol. The van der Waals surface area contributed by atoms with E-state index in [1.165, 1.54) is 23.7 Å². The summed E-state index contributed by atoms with van der Waals surface area (Å²) in [7, 11) is 0. The van der Waals surface area contributed by atoms with E-state index in [0.717, 1.165) is 38.4 Å². The normalized spacial score (nSPS) is 11.2. The Morgan fingerprint density at radius 3 is 2.62 bits per heavy atom. The largest absolute Gasteiger partial charge is 0.494 e. The highest BCUT2D eigenvalue weighted by atomic mass is 32.1. The molecule has 0 saturated carbocycles. The first-order valence-electron chi connectivity index (χ1n) is 10.3. The number of aromatic nitrogens is 2. The Morgan fingerprint density at radius 1 is 1.16 bits per heavy atom. The van der Waals surface area contributed by atoms with Gasteiger partial charge in [0.25, 0.3) is 11.5 Å². The minimum absolute atomic E-state index is 0.308. The Morgan fingerprint density at radius 2 is 1.91 bits per heavy atom. The van der Waals surface area contributed by atoms with Crippen LogP contribution < -0.4 is 15.7 Å². The van der Waals surface area contributed by atoms with Crippen LogP contribution in [-0.2, 0) is 4.79 Å². The summed E-state index contributed by atoms with van der Waals surface area (Å²) in [4.78, 5) is 31.6. The molecule has 2 heterocycles. The molecule has 162 valence electrons. The van der Waals surface area contributed by atoms with Crippen LogP contribution in [0.3, 0.4) is 0 Å². The number of hydrogen-bond donors (Lipinski definition) is 1. The van der Waals surface area contributed by atoms with Gasteiger partial charge in [0.2, 0.25) is 0 Å². The van der Waals surface area contributed by atoms with Crippen LogP contribution in [0, 0.1) is 6.92 Å². The van der Waals surface area contributed by atoms with Crippen molar-refractivity contribution in [3.63, 3.8) is 0 Å². The van der Waals surface area contributed by atoms with Crippen LogP contribution in [-0.4, -0.2) is 22.2 Å². The van der Waals surface area contributed by atoms with Gasteiger partial charge in [0.1, 0.15) is 16.9 Å². The lowest BCUT2D eigenvalue weighted by Gasteiger charge is -2.07. The molecule has 0 unspecified atom stereocenters. The standard InChI is InChI=1S/C25H23N3O3S/c1-3-15-31-20-12-9-18(10-13-20)11-14-21(29)27-28-16-26-24-23(25(28)30)22(17(2)32-24)19-7-5-4-6-8-19/h4-14,16H,3,15H2,1-2H3,(H,27,29)/b14-11+. The van der Waals surface area contributed by atoms with E-state index in [2.05, 4.69) is 17.3 Å². The van der Waals surface area contributed by atoms with Gasteiger partial charge in [-0.2, -0.15) is 0 Å². The summed E-state index contributed by atoms with van der Waals surface area (Å²) in [6, 6.07) is 17.2. The van der Waals surface area contributed by atoms with Crippen LogP contribution in [0.15, 0.2) is 71.8 Å². The van der Waals surface area contributed by atoms with E-state index in [4.69, 9.17) is 4.74 Å². The van der Waals surface area contributed by atoms with E-state index < -0.39 is 5.91 Å². The van der Waals surface area contributed by atoms with Gasteiger partial charge < -0.3 is 4.74 Å². The highest BCUT2D eigenvalue weighted by Gasteiger charge is 2.17. The predicted molar refractivity (Wildman–Crippen MR) is 130 cm³/mol. The Hall–Kier alpha value is -3.71. The van der Waals surface area contributed by atoms with Crippen molar-refractivity contribution in [3.05, 3.63) is 87.8 Å². The van der Waals surface area contributed by atoms with E-state index in [9.17, 15) is 9.59 Å². The maximum Gasteiger partial charge on any atom is 0.281 e. The molecule has 0 aliphatic heterocycles. The summed E-state index contributed by atoms with van der Waals surface area (Å²) in [6.45, 7) is 4.69.